The zero-order valence-electron chi connectivity index (χ0n) is 18.3. The molecular weight excluding hydrogens is 438 g/mol. The summed E-state index contributed by atoms with van der Waals surface area (Å²) in [5, 5.41) is 6.21. The van der Waals surface area contributed by atoms with E-state index in [0.29, 0.717) is 22.8 Å². The lowest BCUT2D eigenvalue weighted by molar-refractivity contribution is -0.689. The number of ether oxygens (including phenoxy) is 1. The zero-order valence-corrected chi connectivity index (χ0v) is 19.0. The summed E-state index contributed by atoms with van der Waals surface area (Å²) in [5.41, 5.74) is 4.03. The van der Waals surface area contributed by atoms with Gasteiger partial charge in [0.2, 0.25) is 0 Å². The van der Waals surface area contributed by atoms with Crippen molar-refractivity contribution in [2.45, 2.75) is 25.9 Å². The minimum atomic E-state index is -0.636. The Bertz CT molecular complexity index is 1160. The number of carbonyl (C=O) groups is 2. The molecule has 0 bridgehead atoms. The maximum absolute atomic E-state index is 12.9. The van der Waals surface area contributed by atoms with Gasteiger partial charge in [-0.3, -0.25) is 0 Å². The molecule has 2 aromatic carbocycles. The standard InChI is InChI=1S/C26H24ClN3O3/c1-2-33-25(31)23-22(28-26(32)29-24(23)20-8-10-21(27)11-9-20)17-30-14-12-19(13-15-30)16-18-6-4-3-5-7-18/h3-15,24H,2,16-17H2,1H3,(H-,28,29,31,32)/p+1/t24-/m0/s1. The van der Waals surface area contributed by atoms with Crippen LogP contribution in [-0.2, 0) is 22.5 Å². The van der Waals surface area contributed by atoms with Crippen LogP contribution in [0.25, 0.3) is 0 Å². The second kappa shape index (κ2) is 10.3. The van der Waals surface area contributed by atoms with Gasteiger partial charge in [0.1, 0.15) is 0 Å². The Labute approximate surface area is 197 Å². The molecular formula is C26H25ClN3O3+. The Morgan fingerprint density at radius 2 is 1.67 bits per heavy atom. The van der Waals surface area contributed by atoms with E-state index in [4.69, 9.17) is 16.3 Å². The van der Waals surface area contributed by atoms with E-state index in [0.717, 1.165) is 12.0 Å². The van der Waals surface area contributed by atoms with E-state index in [-0.39, 0.29) is 12.6 Å². The molecule has 168 valence electrons. The van der Waals surface area contributed by atoms with Gasteiger partial charge in [-0.25, -0.2) is 9.59 Å². The molecule has 0 radical (unpaired) electrons. The molecule has 7 heteroatoms. The van der Waals surface area contributed by atoms with E-state index in [9.17, 15) is 9.59 Å². The van der Waals surface area contributed by atoms with Crippen LogP contribution in [0.1, 0.15) is 29.7 Å². The molecule has 0 saturated carbocycles. The average Bonchev–Trinajstić information content (AvgIpc) is 2.81. The fourth-order valence-electron chi connectivity index (χ4n) is 3.82. The maximum Gasteiger partial charge on any atom is 0.338 e. The quantitative estimate of drug-likeness (QED) is 0.410. The predicted molar refractivity (Wildman–Crippen MR) is 125 cm³/mol. The second-order valence-corrected chi connectivity index (χ2v) is 8.17. The van der Waals surface area contributed by atoms with Crippen molar-refractivity contribution in [2.24, 2.45) is 0 Å². The molecule has 3 aromatic rings. The van der Waals surface area contributed by atoms with Gasteiger partial charge in [0.25, 0.3) is 0 Å². The Balaban J connectivity index is 1.63. The number of nitrogens with one attached hydrogen (secondary N) is 2. The second-order valence-electron chi connectivity index (χ2n) is 7.74. The van der Waals surface area contributed by atoms with Crippen molar-refractivity contribution in [3.8, 4) is 0 Å². The van der Waals surface area contributed by atoms with E-state index in [1.54, 1.807) is 31.2 Å². The van der Waals surface area contributed by atoms with E-state index >= 15 is 0 Å². The van der Waals surface area contributed by atoms with Crippen molar-refractivity contribution in [1.29, 1.82) is 0 Å². The maximum atomic E-state index is 12.9. The lowest BCUT2D eigenvalue weighted by Gasteiger charge is -2.28. The zero-order chi connectivity index (χ0) is 23.2. The highest BCUT2D eigenvalue weighted by Gasteiger charge is 2.35. The fourth-order valence-corrected chi connectivity index (χ4v) is 3.95. The lowest BCUT2D eigenvalue weighted by atomic mass is 9.95. The predicted octanol–water partition coefficient (Wildman–Crippen LogP) is 4.09. The van der Waals surface area contributed by atoms with Crippen molar-refractivity contribution in [3.63, 3.8) is 0 Å². The summed E-state index contributed by atoms with van der Waals surface area (Å²) in [7, 11) is 0. The number of allylic oxidation sites excluding steroid dienone is 1. The topological polar surface area (TPSA) is 71.3 Å². The molecule has 6 nitrogen and oxygen atoms in total. The first-order chi connectivity index (χ1) is 16.0. The third-order valence-electron chi connectivity index (χ3n) is 5.40. The third kappa shape index (κ3) is 5.59. The molecule has 4 rings (SSSR count). The first-order valence-corrected chi connectivity index (χ1v) is 11.2. The third-order valence-corrected chi connectivity index (χ3v) is 5.66. The molecule has 0 spiro atoms. The molecule has 2 heterocycles. The highest BCUT2D eigenvalue weighted by molar-refractivity contribution is 6.30. The molecule has 1 aliphatic rings. The van der Waals surface area contributed by atoms with Crippen LogP contribution in [0.15, 0.2) is 90.4 Å². The molecule has 0 aliphatic carbocycles. The molecule has 1 aromatic heterocycles. The number of hydrogen-bond acceptors (Lipinski definition) is 3. The van der Waals surface area contributed by atoms with Crippen molar-refractivity contribution < 1.29 is 18.9 Å². The molecule has 0 unspecified atom stereocenters. The number of benzene rings is 2. The van der Waals surface area contributed by atoms with Crippen LogP contribution in [0.5, 0.6) is 0 Å². The normalized spacial score (nSPS) is 15.6. The lowest BCUT2D eigenvalue weighted by Crippen LogP contribution is -2.49. The number of rotatable bonds is 7. The molecule has 1 aliphatic heterocycles. The number of hydrogen-bond donors (Lipinski definition) is 2. The van der Waals surface area contributed by atoms with Crippen molar-refractivity contribution in [2.75, 3.05) is 6.61 Å². The minimum absolute atomic E-state index is 0.234. The molecule has 1 atom stereocenters. The van der Waals surface area contributed by atoms with Crippen LogP contribution in [0, 0.1) is 0 Å². The van der Waals surface area contributed by atoms with Gasteiger partial charge in [-0.15, -0.1) is 0 Å². The van der Waals surface area contributed by atoms with Crippen molar-refractivity contribution >= 4 is 23.6 Å². The van der Waals surface area contributed by atoms with E-state index < -0.39 is 12.0 Å². The number of aromatic nitrogens is 1. The van der Waals surface area contributed by atoms with Gasteiger partial charge in [-0.2, -0.15) is 4.57 Å². The fraction of sp³-hybridized carbons (Fsp3) is 0.192. The summed E-state index contributed by atoms with van der Waals surface area (Å²) in [6.45, 7) is 2.31. The number of esters is 1. The largest absolute Gasteiger partial charge is 0.463 e. The molecule has 33 heavy (non-hydrogen) atoms. The van der Waals surface area contributed by atoms with Gasteiger partial charge in [0.15, 0.2) is 18.9 Å². The van der Waals surface area contributed by atoms with Crippen LogP contribution in [0.4, 0.5) is 4.79 Å². The van der Waals surface area contributed by atoms with Crippen molar-refractivity contribution in [1.82, 2.24) is 10.6 Å². The first-order valence-electron chi connectivity index (χ1n) is 10.8. The summed E-state index contributed by atoms with van der Waals surface area (Å²) < 4.78 is 7.25. The van der Waals surface area contributed by atoms with Gasteiger partial charge in [-0.05, 0) is 42.2 Å². The molecule has 2 N–H and O–H groups in total. The van der Waals surface area contributed by atoms with Crippen LogP contribution in [0.3, 0.4) is 0 Å². The number of carbonyl (C=O) groups excluding carboxylic acids is 2. The van der Waals surface area contributed by atoms with Gasteiger partial charge in [0.05, 0.1) is 23.9 Å². The van der Waals surface area contributed by atoms with Gasteiger partial charge < -0.3 is 15.4 Å². The molecule has 2 amide bonds. The monoisotopic (exact) mass is 462 g/mol. The smallest absolute Gasteiger partial charge is 0.338 e. The first kappa shape index (κ1) is 22.6. The number of halogens is 1. The summed E-state index contributed by atoms with van der Waals surface area (Å²) in [5.74, 6) is -0.471. The number of urea groups is 1. The Kier molecular flexibility index (Phi) is 7.05. The summed E-state index contributed by atoms with van der Waals surface area (Å²) in [6, 6.07) is 20.4. The summed E-state index contributed by atoms with van der Waals surface area (Å²) >= 11 is 6.02. The number of nitrogens with zero attached hydrogens (tertiary/aromatic N) is 1. The number of pyridine rings is 1. The molecule has 0 saturated heterocycles. The van der Waals surface area contributed by atoms with Gasteiger partial charge >= 0.3 is 12.0 Å². The summed E-state index contributed by atoms with van der Waals surface area (Å²) in [4.78, 5) is 25.4. The summed E-state index contributed by atoms with van der Waals surface area (Å²) in [6.07, 6.45) is 4.72. The Morgan fingerprint density at radius 3 is 2.33 bits per heavy atom. The van der Waals surface area contributed by atoms with Gasteiger partial charge in [-0.1, -0.05) is 54.1 Å². The average molecular weight is 463 g/mol. The van der Waals surface area contributed by atoms with Crippen LogP contribution in [-0.4, -0.2) is 18.6 Å². The molecule has 0 fully saturated rings. The van der Waals surface area contributed by atoms with Crippen LogP contribution >= 0.6 is 11.6 Å². The minimum Gasteiger partial charge on any atom is -0.463 e. The van der Waals surface area contributed by atoms with Crippen LogP contribution in [0.2, 0.25) is 5.02 Å². The number of amides is 2. The van der Waals surface area contributed by atoms with E-state index in [1.165, 1.54) is 11.1 Å². The Morgan fingerprint density at radius 1 is 1.00 bits per heavy atom. The highest BCUT2D eigenvalue weighted by atomic mass is 35.5. The van der Waals surface area contributed by atoms with E-state index in [2.05, 4.69) is 22.8 Å². The van der Waals surface area contributed by atoms with Crippen LogP contribution < -0.4 is 15.2 Å². The van der Waals surface area contributed by atoms with E-state index in [1.807, 2.05) is 47.3 Å². The highest BCUT2D eigenvalue weighted by Crippen LogP contribution is 2.28. The van der Waals surface area contributed by atoms with Crippen molar-refractivity contribution in [3.05, 3.63) is 112 Å². The van der Waals surface area contributed by atoms with Gasteiger partial charge in [0, 0.05) is 17.2 Å². The SMILES string of the molecule is CCOC(=O)C1=C(C[n+]2ccc(Cc3ccccc3)cc2)NC(=O)N[C@H]1c1ccc(Cl)cc1. The Hall–Kier alpha value is -3.64.